The minimum atomic E-state index is -0.376. The third-order valence-corrected chi connectivity index (χ3v) is 4.16. The molecule has 0 saturated heterocycles. The Morgan fingerprint density at radius 1 is 1.33 bits per heavy atom. The summed E-state index contributed by atoms with van der Waals surface area (Å²) in [5, 5.41) is 1.08. The molecule has 2 aromatic rings. The summed E-state index contributed by atoms with van der Waals surface area (Å²) in [6.07, 6.45) is 2.34. The van der Waals surface area contributed by atoms with Gasteiger partial charge >= 0.3 is 0 Å². The molecule has 0 aliphatic heterocycles. The molecule has 21 heavy (non-hydrogen) atoms. The number of carbonyl (C=O) groups is 1. The summed E-state index contributed by atoms with van der Waals surface area (Å²) >= 11 is 0. The summed E-state index contributed by atoms with van der Waals surface area (Å²) < 4.78 is 0. The van der Waals surface area contributed by atoms with Crippen molar-refractivity contribution < 1.29 is 4.79 Å². The van der Waals surface area contributed by atoms with E-state index in [9.17, 15) is 4.79 Å². The van der Waals surface area contributed by atoms with Crippen molar-refractivity contribution in [2.24, 2.45) is 5.73 Å². The van der Waals surface area contributed by atoms with E-state index in [-0.39, 0.29) is 11.8 Å². The zero-order valence-corrected chi connectivity index (χ0v) is 12.6. The number of pyridine rings is 1. The summed E-state index contributed by atoms with van der Waals surface area (Å²) in [6.45, 7) is 0.906. The van der Waals surface area contributed by atoms with Crippen molar-refractivity contribution in [2.75, 3.05) is 20.6 Å². The van der Waals surface area contributed by atoms with Crippen molar-refractivity contribution in [1.29, 1.82) is 0 Å². The van der Waals surface area contributed by atoms with Crippen LogP contribution >= 0.6 is 0 Å². The molecule has 0 amide bonds. The Morgan fingerprint density at radius 2 is 2.10 bits per heavy atom. The van der Waals surface area contributed by atoms with E-state index in [1.165, 1.54) is 0 Å². The quantitative estimate of drug-likeness (QED) is 0.933. The van der Waals surface area contributed by atoms with Crippen molar-refractivity contribution in [3.63, 3.8) is 0 Å². The van der Waals surface area contributed by atoms with E-state index in [1.807, 2.05) is 32.3 Å². The zero-order chi connectivity index (χ0) is 15.0. The number of carbonyl (C=O) groups excluding carboxylic acids is 1. The Balaban J connectivity index is 2.21. The van der Waals surface area contributed by atoms with E-state index < -0.39 is 0 Å². The Hall–Kier alpha value is -1.78. The number of ketones is 1. The first kappa shape index (κ1) is 14.2. The largest absolute Gasteiger partial charge is 0.321 e. The molecule has 4 nitrogen and oxygen atoms in total. The molecule has 1 aromatic carbocycles. The SMILES string of the molecule is CN(C)CCc1c2c(nc3ccccc13)CCC(N)C2=O. The Kier molecular flexibility index (Phi) is 3.74. The molecule has 1 heterocycles. The molecular formula is C17H21N3O. The van der Waals surface area contributed by atoms with Gasteiger partial charge in [-0.2, -0.15) is 0 Å². The van der Waals surface area contributed by atoms with Crippen LogP contribution in [0, 0.1) is 0 Å². The maximum absolute atomic E-state index is 12.5. The molecule has 4 heteroatoms. The fourth-order valence-electron chi connectivity index (χ4n) is 3.01. The molecule has 2 N–H and O–H groups in total. The minimum absolute atomic E-state index is 0.0586. The molecule has 1 aliphatic carbocycles. The fourth-order valence-corrected chi connectivity index (χ4v) is 3.01. The standard InChI is InChI=1S/C17H21N3O/c1-20(2)10-9-12-11-5-3-4-6-14(11)19-15-8-7-13(18)17(21)16(12)15/h3-6,13H,7-10,18H2,1-2H3. The van der Waals surface area contributed by atoms with Crippen LogP contribution in [-0.2, 0) is 12.8 Å². The average molecular weight is 283 g/mol. The highest BCUT2D eigenvalue weighted by Gasteiger charge is 2.29. The van der Waals surface area contributed by atoms with E-state index in [0.717, 1.165) is 47.1 Å². The number of Topliss-reactive ketones (excluding diaryl/α,β-unsaturated/α-hetero) is 1. The molecule has 0 radical (unpaired) electrons. The normalized spacial score (nSPS) is 18.3. The number of nitrogens with two attached hydrogens (primary N) is 1. The minimum Gasteiger partial charge on any atom is -0.321 e. The van der Waals surface area contributed by atoms with Crippen molar-refractivity contribution in [1.82, 2.24) is 9.88 Å². The Morgan fingerprint density at radius 3 is 2.86 bits per heavy atom. The van der Waals surface area contributed by atoms with Gasteiger partial charge in [-0.15, -0.1) is 0 Å². The van der Waals surface area contributed by atoms with Crippen LogP contribution in [0.2, 0.25) is 0 Å². The number of hydrogen-bond acceptors (Lipinski definition) is 4. The van der Waals surface area contributed by atoms with Gasteiger partial charge in [0, 0.05) is 17.5 Å². The van der Waals surface area contributed by atoms with E-state index in [1.54, 1.807) is 0 Å². The van der Waals surface area contributed by atoms with E-state index >= 15 is 0 Å². The highest BCUT2D eigenvalue weighted by molar-refractivity contribution is 6.06. The molecule has 1 atom stereocenters. The van der Waals surface area contributed by atoms with Crippen molar-refractivity contribution >= 4 is 16.7 Å². The Bertz CT molecular complexity index is 694. The highest BCUT2D eigenvalue weighted by atomic mass is 16.1. The van der Waals surface area contributed by atoms with Gasteiger partial charge in [0.25, 0.3) is 0 Å². The second-order valence-electron chi connectivity index (χ2n) is 5.99. The average Bonchev–Trinajstić information content (AvgIpc) is 2.47. The predicted molar refractivity (Wildman–Crippen MR) is 84.6 cm³/mol. The van der Waals surface area contributed by atoms with Gasteiger partial charge in [-0.05, 0) is 45.0 Å². The third kappa shape index (κ3) is 2.57. The van der Waals surface area contributed by atoms with E-state index in [0.29, 0.717) is 6.42 Å². The summed E-state index contributed by atoms with van der Waals surface area (Å²) in [5.74, 6) is 0.0586. The summed E-state index contributed by atoms with van der Waals surface area (Å²) in [4.78, 5) is 19.4. The second-order valence-corrected chi connectivity index (χ2v) is 5.99. The molecule has 1 aromatic heterocycles. The number of aryl methyl sites for hydroxylation is 1. The van der Waals surface area contributed by atoms with Crippen LogP contribution in [0.4, 0.5) is 0 Å². The van der Waals surface area contributed by atoms with Gasteiger partial charge in [0.2, 0.25) is 0 Å². The lowest BCUT2D eigenvalue weighted by Gasteiger charge is -2.24. The third-order valence-electron chi connectivity index (χ3n) is 4.16. The highest BCUT2D eigenvalue weighted by Crippen LogP contribution is 2.29. The lowest BCUT2D eigenvalue weighted by Crippen LogP contribution is -2.36. The Labute approximate surface area is 125 Å². The zero-order valence-electron chi connectivity index (χ0n) is 12.6. The van der Waals surface area contributed by atoms with Gasteiger partial charge in [-0.25, -0.2) is 0 Å². The summed E-state index contributed by atoms with van der Waals surface area (Å²) in [6, 6.07) is 7.70. The fraction of sp³-hybridized carbons (Fsp3) is 0.412. The molecular weight excluding hydrogens is 262 g/mol. The topological polar surface area (TPSA) is 59.2 Å². The first-order valence-electron chi connectivity index (χ1n) is 7.43. The van der Waals surface area contributed by atoms with Crippen LogP contribution in [0.1, 0.15) is 28.0 Å². The van der Waals surface area contributed by atoms with Crippen molar-refractivity contribution in [2.45, 2.75) is 25.3 Å². The molecule has 0 bridgehead atoms. The van der Waals surface area contributed by atoms with Crippen LogP contribution in [0.25, 0.3) is 10.9 Å². The van der Waals surface area contributed by atoms with Crippen molar-refractivity contribution in [3.05, 3.63) is 41.1 Å². The van der Waals surface area contributed by atoms with Crippen LogP contribution in [0.5, 0.6) is 0 Å². The first-order valence-corrected chi connectivity index (χ1v) is 7.43. The first-order chi connectivity index (χ1) is 10.1. The number of hydrogen-bond donors (Lipinski definition) is 1. The van der Waals surface area contributed by atoms with Gasteiger partial charge in [0.05, 0.1) is 17.3 Å². The van der Waals surface area contributed by atoms with Crippen molar-refractivity contribution in [3.8, 4) is 0 Å². The molecule has 0 spiro atoms. The maximum Gasteiger partial charge on any atom is 0.181 e. The molecule has 1 unspecified atom stereocenters. The predicted octanol–water partition coefficient (Wildman–Crippen LogP) is 1.80. The number of rotatable bonds is 3. The monoisotopic (exact) mass is 283 g/mol. The molecule has 3 rings (SSSR count). The number of nitrogens with zero attached hydrogens (tertiary/aromatic N) is 2. The summed E-state index contributed by atoms with van der Waals surface area (Å²) in [7, 11) is 4.09. The van der Waals surface area contributed by atoms with Gasteiger partial charge < -0.3 is 10.6 Å². The molecule has 110 valence electrons. The number of likely N-dealkylation sites (N-methyl/N-ethyl adjacent to an activating group) is 1. The van der Waals surface area contributed by atoms with Gasteiger partial charge in [-0.1, -0.05) is 18.2 Å². The van der Waals surface area contributed by atoms with Crippen LogP contribution < -0.4 is 5.73 Å². The maximum atomic E-state index is 12.5. The second kappa shape index (κ2) is 5.54. The van der Waals surface area contributed by atoms with Crippen LogP contribution in [0.15, 0.2) is 24.3 Å². The van der Waals surface area contributed by atoms with Crippen LogP contribution in [-0.4, -0.2) is 42.3 Å². The number of benzene rings is 1. The smallest absolute Gasteiger partial charge is 0.181 e. The lowest BCUT2D eigenvalue weighted by molar-refractivity contribution is 0.0946. The number of fused-ring (bicyclic) bond motifs is 2. The van der Waals surface area contributed by atoms with Gasteiger partial charge in [0.15, 0.2) is 5.78 Å². The van der Waals surface area contributed by atoms with Crippen LogP contribution in [0.3, 0.4) is 0 Å². The lowest BCUT2D eigenvalue weighted by atomic mass is 9.85. The summed E-state index contributed by atoms with van der Waals surface area (Å²) in [5.41, 5.74) is 9.78. The number of aromatic nitrogens is 1. The molecule has 1 aliphatic rings. The van der Waals surface area contributed by atoms with Gasteiger partial charge in [-0.3, -0.25) is 9.78 Å². The molecule has 0 saturated carbocycles. The molecule has 0 fully saturated rings. The van der Waals surface area contributed by atoms with Gasteiger partial charge in [0.1, 0.15) is 0 Å². The number of para-hydroxylation sites is 1. The van der Waals surface area contributed by atoms with E-state index in [2.05, 4.69) is 11.0 Å². The van der Waals surface area contributed by atoms with E-state index in [4.69, 9.17) is 10.7 Å².